The maximum Gasteiger partial charge on any atom is 0.325 e. The Morgan fingerprint density at radius 1 is 1.07 bits per heavy atom. The number of rotatable bonds is 6. The number of carbonyl (C=O) groups is 2. The standard InChI is InChI=1S/C20H24N4O5S/c25-17(8-11-30-20-24-23-18(29-20)13-4-2-1-3-5-13)22-19(26)21-14-6-7-15-16(12-14)28-10-9-27-15/h6-7,12-13H,1-5,8-11H2,(H2,21,22,25,26). The molecule has 1 aromatic carbocycles. The molecule has 30 heavy (non-hydrogen) atoms. The van der Waals surface area contributed by atoms with Gasteiger partial charge >= 0.3 is 6.03 Å². The average Bonchev–Trinajstić information content (AvgIpc) is 3.23. The maximum atomic E-state index is 12.0. The minimum absolute atomic E-state index is 0.153. The molecule has 0 bridgehead atoms. The zero-order chi connectivity index (χ0) is 20.8. The van der Waals surface area contributed by atoms with Crippen molar-refractivity contribution in [3.63, 3.8) is 0 Å². The minimum atomic E-state index is -0.598. The molecule has 4 rings (SSSR count). The van der Waals surface area contributed by atoms with Crippen LogP contribution in [0.25, 0.3) is 0 Å². The molecular weight excluding hydrogens is 408 g/mol. The maximum absolute atomic E-state index is 12.0. The van der Waals surface area contributed by atoms with Crippen molar-refractivity contribution in [2.75, 3.05) is 24.3 Å². The van der Waals surface area contributed by atoms with E-state index in [0.29, 0.717) is 53.2 Å². The Bertz CT molecular complexity index is 897. The van der Waals surface area contributed by atoms with Crippen molar-refractivity contribution < 1.29 is 23.5 Å². The molecule has 1 aliphatic heterocycles. The van der Waals surface area contributed by atoms with Crippen molar-refractivity contribution in [3.05, 3.63) is 24.1 Å². The fourth-order valence-corrected chi connectivity index (χ4v) is 4.20. The first-order valence-corrected chi connectivity index (χ1v) is 11.1. The molecule has 0 atom stereocenters. The molecule has 2 aliphatic rings. The number of fused-ring (bicyclic) bond motifs is 1. The van der Waals surface area contributed by atoms with Crippen LogP contribution < -0.4 is 20.1 Å². The van der Waals surface area contributed by atoms with Gasteiger partial charge in [-0.15, -0.1) is 10.2 Å². The van der Waals surface area contributed by atoms with Crippen LogP contribution in [-0.4, -0.2) is 41.1 Å². The number of anilines is 1. The number of ether oxygens (including phenoxy) is 2. The Kier molecular flexibility index (Phi) is 6.73. The number of nitrogens with one attached hydrogen (secondary N) is 2. The number of nitrogens with zero attached hydrogens (tertiary/aromatic N) is 2. The molecule has 2 N–H and O–H groups in total. The van der Waals surface area contributed by atoms with E-state index in [4.69, 9.17) is 13.9 Å². The van der Waals surface area contributed by atoms with Gasteiger partial charge in [0.2, 0.25) is 11.8 Å². The summed E-state index contributed by atoms with van der Waals surface area (Å²) in [5.74, 6) is 2.30. The molecule has 10 heteroatoms. The topological polar surface area (TPSA) is 116 Å². The third kappa shape index (κ3) is 5.44. The van der Waals surface area contributed by atoms with Crippen molar-refractivity contribution >= 4 is 29.4 Å². The molecule has 0 radical (unpaired) electrons. The second-order valence-electron chi connectivity index (χ2n) is 7.20. The average molecular weight is 433 g/mol. The zero-order valence-electron chi connectivity index (χ0n) is 16.5. The lowest BCUT2D eigenvalue weighted by Crippen LogP contribution is -2.34. The van der Waals surface area contributed by atoms with E-state index in [1.54, 1.807) is 18.2 Å². The summed E-state index contributed by atoms with van der Waals surface area (Å²) in [5.41, 5.74) is 0.514. The van der Waals surface area contributed by atoms with Gasteiger partial charge in [0.05, 0.1) is 0 Å². The van der Waals surface area contributed by atoms with Crippen LogP contribution in [0.5, 0.6) is 11.5 Å². The summed E-state index contributed by atoms with van der Waals surface area (Å²) in [6.07, 6.45) is 6.00. The summed E-state index contributed by atoms with van der Waals surface area (Å²) in [4.78, 5) is 24.1. The smallest absolute Gasteiger partial charge is 0.325 e. The SMILES string of the molecule is O=C(CCSc1nnc(C2CCCCC2)o1)NC(=O)Nc1ccc2c(c1)OCCO2. The highest BCUT2D eigenvalue weighted by molar-refractivity contribution is 7.99. The summed E-state index contributed by atoms with van der Waals surface area (Å²) < 4.78 is 16.6. The summed E-state index contributed by atoms with van der Waals surface area (Å²) in [6, 6.07) is 4.47. The van der Waals surface area contributed by atoms with Gasteiger partial charge in [0, 0.05) is 29.8 Å². The fourth-order valence-electron chi connectivity index (χ4n) is 3.50. The summed E-state index contributed by atoms with van der Waals surface area (Å²) >= 11 is 1.32. The first-order chi connectivity index (χ1) is 14.7. The highest BCUT2D eigenvalue weighted by Crippen LogP contribution is 2.33. The number of thioether (sulfide) groups is 1. The van der Waals surface area contributed by atoms with Gasteiger partial charge < -0.3 is 19.2 Å². The van der Waals surface area contributed by atoms with E-state index in [1.807, 2.05) is 0 Å². The van der Waals surface area contributed by atoms with E-state index in [1.165, 1.54) is 31.0 Å². The van der Waals surface area contributed by atoms with Crippen LogP contribution in [0.3, 0.4) is 0 Å². The van der Waals surface area contributed by atoms with Gasteiger partial charge in [0.1, 0.15) is 13.2 Å². The first kappa shape index (κ1) is 20.5. The molecule has 160 valence electrons. The van der Waals surface area contributed by atoms with Crippen LogP contribution >= 0.6 is 11.8 Å². The minimum Gasteiger partial charge on any atom is -0.486 e. The number of urea groups is 1. The van der Waals surface area contributed by atoms with E-state index in [-0.39, 0.29) is 12.3 Å². The lowest BCUT2D eigenvalue weighted by molar-refractivity contribution is -0.119. The van der Waals surface area contributed by atoms with Crippen molar-refractivity contribution in [3.8, 4) is 11.5 Å². The monoisotopic (exact) mass is 432 g/mol. The molecule has 0 unspecified atom stereocenters. The zero-order valence-corrected chi connectivity index (χ0v) is 17.3. The number of hydrogen-bond acceptors (Lipinski definition) is 8. The number of amides is 3. The van der Waals surface area contributed by atoms with Gasteiger partial charge in [0.25, 0.3) is 5.22 Å². The van der Waals surface area contributed by atoms with Crippen LogP contribution in [0.2, 0.25) is 0 Å². The van der Waals surface area contributed by atoms with Crippen LogP contribution in [-0.2, 0) is 4.79 Å². The second kappa shape index (κ2) is 9.84. The highest BCUT2D eigenvalue weighted by Gasteiger charge is 2.21. The third-order valence-corrected chi connectivity index (χ3v) is 5.80. The third-order valence-electron chi connectivity index (χ3n) is 4.98. The molecule has 1 saturated carbocycles. The lowest BCUT2D eigenvalue weighted by atomic mass is 9.89. The van der Waals surface area contributed by atoms with Crippen LogP contribution in [0, 0.1) is 0 Å². The largest absolute Gasteiger partial charge is 0.486 e. The van der Waals surface area contributed by atoms with Crippen molar-refractivity contribution in [2.24, 2.45) is 0 Å². The Balaban J connectivity index is 1.18. The second-order valence-corrected chi connectivity index (χ2v) is 8.25. The Hall–Kier alpha value is -2.75. The molecule has 1 fully saturated rings. The summed E-state index contributed by atoms with van der Waals surface area (Å²) in [6.45, 7) is 0.958. The van der Waals surface area contributed by atoms with Gasteiger partial charge in [-0.3, -0.25) is 10.1 Å². The number of carbonyl (C=O) groups excluding carboxylic acids is 2. The molecule has 3 amide bonds. The molecule has 2 heterocycles. The van der Waals surface area contributed by atoms with Gasteiger partial charge in [-0.2, -0.15) is 0 Å². The first-order valence-electron chi connectivity index (χ1n) is 10.1. The normalized spacial score (nSPS) is 16.1. The summed E-state index contributed by atoms with van der Waals surface area (Å²) in [7, 11) is 0. The molecule has 1 aliphatic carbocycles. The van der Waals surface area contributed by atoms with Crippen molar-refractivity contribution in [2.45, 2.75) is 49.7 Å². The Morgan fingerprint density at radius 3 is 2.70 bits per heavy atom. The highest BCUT2D eigenvalue weighted by atomic mass is 32.2. The van der Waals surface area contributed by atoms with Gasteiger partial charge in [-0.05, 0) is 25.0 Å². The molecular formula is C20H24N4O5S. The lowest BCUT2D eigenvalue weighted by Gasteiger charge is -2.19. The molecule has 9 nitrogen and oxygen atoms in total. The molecule has 0 saturated heterocycles. The van der Waals surface area contributed by atoms with Crippen molar-refractivity contribution in [1.82, 2.24) is 15.5 Å². The number of imide groups is 1. The van der Waals surface area contributed by atoms with Crippen LogP contribution in [0.4, 0.5) is 10.5 Å². The number of aromatic nitrogens is 2. The van der Waals surface area contributed by atoms with Gasteiger partial charge in [0.15, 0.2) is 11.5 Å². The van der Waals surface area contributed by atoms with Gasteiger partial charge in [-0.25, -0.2) is 4.79 Å². The van der Waals surface area contributed by atoms with E-state index in [9.17, 15) is 9.59 Å². The van der Waals surface area contributed by atoms with E-state index < -0.39 is 6.03 Å². The summed E-state index contributed by atoms with van der Waals surface area (Å²) in [5, 5.41) is 13.6. The fraction of sp³-hybridized carbons (Fsp3) is 0.500. The predicted octanol–water partition coefficient (Wildman–Crippen LogP) is 3.72. The van der Waals surface area contributed by atoms with E-state index in [2.05, 4.69) is 20.8 Å². The Morgan fingerprint density at radius 2 is 1.87 bits per heavy atom. The van der Waals surface area contributed by atoms with Crippen LogP contribution in [0.15, 0.2) is 27.8 Å². The molecule has 0 spiro atoms. The Labute approximate surface area is 178 Å². The molecule has 1 aromatic heterocycles. The van der Waals surface area contributed by atoms with E-state index >= 15 is 0 Å². The van der Waals surface area contributed by atoms with Gasteiger partial charge in [-0.1, -0.05) is 31.0 Å². The number of hydrogen-bond donors (Lipinski definition) is 2. The van der Waals surface area contributed by atoms with E-state index in [0.717, 1.165) is 12.8 Å². The predicted molar refractivity (Wildman–Crippen MR) is 110 cm³/mol. The van der Waals surface area contributed by atoms with Crippen molar-refractivity contribution in [1.29, 1.82) is 0 Å². The molecule has 2 aromatic rings. The quantitative estimate of drug-likeness (QED) is 0.664. The number of benzene rings is 1. The van der Waals surface area contributed by atoms with Crippen LogP contribution in [0.1, 0.15) is 50.3 Å².